The van der Waals surface area contributed by atoms with Crippen LogP contribution >= 0.6 is 11.6 Å². The molecule has 8 N–H and O–H groups in total. The van der Waals surface area contributed by atoms with E-state index in [1.165, 1.54) is 37.8 Å². The molecule has 1 unspecified atom stereocenters. The number of nitrogens with zero attached hydrogens (tertiary/aromatic N) is 1. The number of halogens is 1. The molecule has 0 spiro atoms. The van der Waals surface area contributed by atoms with Crippen LogP contribution in [0.25, 0.3) is 0 Å². The van der Waals surface area contributed by atoms with Crippen molar-refractivity contribution in [2.45, 2.75) is 72.8 Å². The topological polar surface area (TPSA) is 122 Å². The van der Waals surface area contributed by atoms with E-state index < -0.39 is 0 Å². The highest BCUT2D eigenvalue weighted by atomic mass is 35.5. The van der Waals surface area contributed by atoms with Crippen LogP contribution in [0.1, 0.15) is 72.3 Å². The Morgan fingerprint density at radius 2 is 1.82 bits per heavy atom. The van der Waals surface area contributed by atoms with E-state index in [0.29, 0.717) is 17.9 Å². The van der Waals surface area contributed by atoms with Gasteiger partial charge < -0.3 is 32.0 Å². The van der Waals surface area contributed by atoms with E-state index in [1.54, 1.807) is 5.57 Å². The van der Waals surface area contributed by atoms with E-state index >= 15 is 0 Å². The van der Waals surface area contributed by atoms with Gasteiger partial charge in [0.15, 0.2) is 0 Å². The van der Waals surface area contributed by atoms with Gasteiger partial charge in [-0.15, -0.1) is 0 Å². The molecule has 2 aliphatic heterocycles. The summed E-state index contributed by atoms with van der Waals surface area (Å²) in [5.74, 6) is 1.26. The number of likely N-dealkylation sites (tertiary alicyclic amines) is 1. The molecule has 7 heteroatoms. The van der Waals surface area contributed by atoms with E-state index in [2.05, 4.69) is 61.4 Å². The van der Waals surface area contributed by atoms with Gasteiger partial charge in [0, 0.05) is 30.7 Å². The summed E-state index contributed by atoms with van der Waals surface area (Å²) < 4.78 is 0. The van der Waals surface area contributed by atoms with Crippen LogP contribution in [0.15, 0.2) is 35.9 Å². The first-order valence-corrected chi connectivity index (χ1v) is 12.3. The highest BCUT2D eigenvalue weighted by molar-refractivity contribution is 6.30. The summed E-state index contributed by atoms with van der Waals surface area (Å²) in [5.41, 5.74) is 3.35. The number of benzene rings is 1. The molecule has 1 aromatic rings. The SMILES string of the molecule is C.CC(C)[C@H](CN1CCC(c2ccc(Cl)cc2)C(C)(C)C1)NCCCC1=CCNCC1.O.O.O. The van der Waals surface area contributed by atoms with Gasteiger partial charge in [0.05, 0.1) is 0 Å². The quantitative estimate of drug-likeness (QED) is 0.396. The lowest BCUT2D eigenvalue weighted by atomic mass is 9.70. The van der Waals surface area contributed by atoms with Crippen molar-refractivity contribution in [2.75, 3.05) is 39.3 Å². The van der Waals surface area contributed by atoms with E-state index in [9.17, 15) is 0 Å². The Labute approximate surface area is 213 Å². The minimum absolute atomic E-state index is 0. The van der Waals surface area contributed by atoms with E-state index in [4.69, 9.17) is 11.6 Å². The third-order valence-electron chi connectivity index (χ3n) is 7.08. The largest absolute Gasteiger partial charge is 0.412 e. The van der Waals surface area contributed by atoms with E-state index in [1.807, 2.05) is 12.1 Å². The van der Waals surface area contributed by atoms with Gasteiger partial charge in [-0.3, -0.25) is 0 Å². The van der Waals surface area contributed by atoms with Gasteiger partial charge in [-0.25, -0.2) is 0 Å². The van der Waals surface area contributed by atoms with E-state index in [0.717, 1.165) is 37.7 Å². The molecule has 200 valence electrons. The number of hydrogen-bond donors (Lipinski definition) is 2. The highest BCUT2D eigenvalue weighted by Crippen LogP contribution is 2.42. The zero-order valence-electron chi connectivity index (χ0n) is 21.0. The lowest BCUT2D eigenvalue weighted by Crippen LogP contribution is -2.51. The molecule has 3 rings (SSSR count). The van der Waals surface area contributed by atoms with Crippen LogP contribution in [0.5, 0.6) is 0 Å². The van der Waals surface area contributed by atoms with Crippen LogP contribution in [-0.4, -0.2) is 66.6 Å². The first-order chi connectivity index (χ1) is 14.3. The Morgan fingerprint density at radius 3 is 2.38 bits per heavy atom. The Hall–Kier alpha value is -0.990. The molecule has 0 radical (unpaired) electrons. The fraction of sp³-hybridized carbons (Fsp3) is 0.704. The van der Waals surface area contributed by atoms with Crippen LogP contribution < -0.4 is 10.6 Å². The zero-order valence-corrected chi connectivity index (χ0v) is 21.8. The molecule has 0 aliphatic carbocycles. The molecule has 2 atom stereocenters. The average Bonchev–Trinajstić information content (AvgIpc) is 2.71. The lowest BCUT2D eigenvalue weighted by Gasteiger charge is -2.46. The monoisotopic (exact) mass is 501 g/mol. The summed E-state index contributed by atoms with van der Waals surface area (Å²) in [7, 11) is 0. The van der Waals surface area contributed by atoms with Crippen molar-refractivity contribution < 1.29 is 16.4 Å². The summed E-state index contributed by atoms with van der Waals surface area (Å²) in [6.07, 6.45) is 7.33. The average molecular weight is 502 g/mol. The number of rotatable bonds is 9. The molecule has 2 aliphatic rings. The Balaban J connectivity index is 0. The summed E-state index contributed by atoms with van der Waals surface area (Å²) in [4.78, 5) is 2.69. The molecular formula is C27H52ClN3O3. The Kier molecular flexibility index (Phi) is 17.2. The number of hydrogen-bond acceptors (Lipinski definition) is 3. The van der Waals surface area contributed by atoms with Gasteiger partial charge in [-0.1, -0.05) is 70.5 Å². The molecule has 0 aromatic heterocycles. The van der Waals surface area contributed by atoms with Gasteiger partial charge in [0.25, 0.3) is 0 Å². The fourth-order valence-corrected chi connectivity index (χ4v) is 5.35. The summed E-state index contributed by atoms with van der Waals surface area (Å²) in [6, 6.07) is 9.09. The van der Waals surface area contributed by atoms with Crippen molar-refractivity contribution in [3.63, 3.8) is 0 Å². The van der Waals surface area contributed by atoms with Crippen LogP contribution in [0.3, 0.4) is 0 Å². The summed E-state index contributed by atoms with van der Waals surface area (Å²) in [6.45, 7) is 16.4. The van der Waals surface area contributed by atoms with Crippen LogP contribution in [0.4, 0.5) is 0 Å². The summed E-state index contributed by atoms with van der Waals surface area (Å²) in [5, 5.41) is 8.12. The molecule has 2 heterocycles. The smallest absolute Gasteiger partial charge is 0.0406 e. The molecule has 1 saturated heterocycles. The first kappa shape index (κ1) is 35.2. The Morgan fingerprint density at radius 1 is 1.15 bits per heavy atom. The summed E-state index contributed by atoms with van der Waals surface area (Å²) >= 11 is 6.11. The van der Waals surface area contributed by atoms with Gasteiger partial charge in [-0.05, 0) is 80.3 Å². The Bertz CT molecular complexity index is 695. The minimum Gasteiger partial charge on any atom is -0.412 e. The lowest BCUT2D eigenvalue weighted by molar-refractivity contribution is 0.0794. The van der Waals surface area contributed by atoms with Crippen molar-refractivity contribution in [1.29, 1.82) is 0 Å². The predicted octanol–water partition coefficient (Wildman–Crippen LogP) is 3.63. The number of nitrogens with one attached hydrogen (secondary N) is 2. The fourth-order valence-electron chi connectivity index (χ4n) is 5.23. The van der Waals surface area contributed by atoms with Crippen molar-refractivity contribution >= 4 is 11.6 Å². The van der Waals surface area contributed by atoms with E-state index in [-0.39, 0.29) is 29.3 Å². The molecule has 0 bridgehead atoms. The molecule has 1 aromatic carbocycles. The minimum atomic E-state index is 0. The molecular weight excluding hydrogens is 450 g/mol. The number of piperidine rings is 1. The maximum atomic E-state index is 6.11. The second kappa shape index (κ2) is 16.6. The molecule has 34 heavy (non-hydrogen) atoms. The molecule has 1 fully saturated rings. The highest BCUT2D eigenvalue weighted by Gasteiger charge is 2.37. The van der Waals surface area contributed by atoms with Gasteiger partial charge in [-0.2, -0.15) is 0 Å². The van der Waals surface area contributed by atoms with Gasteiger partial charge >= 0.3 is 0 Å². The second-order valence-corrected chi connectivity index (χ2v) is 10.8. The predicted molar refractivity (Wildman–Crippen MR) is 148 cm³/mol. The van der Waals surface area contributed by atoms with Crippen molar-refractivity contribution in [3.8, 4) is 0 Å². The van der Waals surface area contributed by atoms with Crippen LogP contribution in [0.2, 0.25) is 5.02 Å². The standard InChI is InChI=1S/C26H42ClN3.CH4.3H2O/c1-20(2)25(29-14-5-6-21-11-15-28-16-12-21)18-30-17-13-24(26(3,4)19-30)22-7-9-23(27)10-8-22;;;;/h7-11,20,24-25,28-29H,5-6,12-19H2,1-4H3;1H4;3*1H2/t24?,25-;;;;/m0..../s1. The zero-order chi connectivity index (χ0) is 21.6. The third kappa shape index (κ3) is 10.3. The van der Waals surface area contributed by atoms with Crippen molar-refractivity contribution in [2.24, 2.45) is 11.3 Å². The molecule has 0 saturated carbocycles. The van der Waals surface area contributed by atoms with Crippen molar-refractivity contribution in [1.82, 2.24) is 15.5 Å². The maximum absolute atomic E-state index is 6.11. The molecule has 0 amide bonds. The second-order valence-electron chi connectivity index (χ2n) is 10.3. The normalized spacial score (nSPS) is 20.6. The maximum Gasteiger partial charge on any atom is 0.0406 e. The first-order valence-electron chi connectivity index (χ1n) is 11.9. The third-order valence-corrected chi connectivity index (χ3v) is 7.33. The molecule has 6 nitrogen and oxygen atoms in total. The van der Waals surface area contributed by atoms with Crippen LogP contribution in [-0.2, 0) is 0 Å². The van der Waals surface area contributed by atoms with Crippen molar-refractivity contribution in [3.05, 3.63) is 46.5 Å². The van der Waals surface area contributed by atoms with Gasteiger partial charge in [0.2, 0.25) is 0 Å². The van der Waals surface area contributed by atoms with Crippen LogP contribution in [0, 0.1) is 11.3 Å². The van der Waals surface area contributed by atoms with Gasteiger partial charge in [0.1, 0.15) is 0 Å².